The van der Waals surface area contributed by atoms with Crippen molar-refractivity contribution in [2.75, 3.05) is 57.4 Å². The van der Waals surface area contributed by atoms with Crippen molar-refractivity contribution in [3.05, 3.63) is 23.9 Å². The van der Waals surface area contributed by atoms with Crippen LogP contribution in [0.2, 0.25) is 0 Å². The van der Waals surface area contributed by atoms with Gasteiger partial charge in [-0.2, -0.15) is 0 Å². The van der Waals surface area contributed by atoms with Gasteiger partial charge in [0.1, 0.15) is 5.82 Å². The Morgan fingerprint density at radius 1 is 1.19 bits per heavy atom. The molecule has 2 aliphatic rings. The second kappa shape index (κ2) is 10.3. The summed E-state index contributed by atoms with van der Waals surface area (Å²) in [5, 5.41) is 3.21. The van der Waals surface area contributed by atoms with Crippen LogP contribution < -0.4 is 16.0 Å². The normalized spacial score (nSPS) is 19.5. The molecule has 0 aromatic carbocycles. The first-order chi connectivity index (χ1) is 12.8. The molecule has 2 saturated heterocycles. The third-order valence-electron chi connectivity index (χ3n) is 4.98. The molecule has 144 valence electrons. The quantitative estimate of drug-likeness (QED) is 0.432. The van der Waals surface area contributed by atoms with Crippen LogP contribution in [0.5, 0.6) is 0 Å². The van der Waals surface area contributed by atoms with Crippen molar-refractivity contribution in [3.8, 4) is 0 Å². The van der Waals surface area contributed by atoms with Crippen molar-refractivity contribution in [2.45, 2.75) is 32.2 Å². The Kier molecular flexibility index (Phi) is 7.51. The maximum absolute atomic E-state index is 6.00. The smallest absolute Gasteiger partial charge is 0.188 e. The van der Waals surface area contributed by atoms with Gasteiger partial charge >= 0.3 is 0 Å². The first-order valence-electron chi connectivity index (χ1n) is 9.85. The lowest BCUT2D eigenvalue weighted by atomic mass is 10.1. The Hall–Kier alpha value is -1.86. The molecule has 0 saturated carbocycles. The van der Waals surface area contributed by atoms with E-state index >= 15 is 0 Å². The summed E-state index contributed by atoms with van der Waals surface area (Å²) < 4.78 is 5.36. The van der Waals surface area contributed by atoms with E-state index in [1.54, 1.807) is 0 Å². The van der Waals surface area contributed by atoms with E-state index in [1.807, 2.05) is 12.3 Å². The maximum Gasteiger partial charge on any atom is 0.188 e. The monoisotopic (exact) mass is 360 g/mol. The van der Waals surface area contributed by atoms with E-state index in [4.69, 9.17) is 10.5 Å². The van der Waals surface area contributed by atoms with Gasteiger partial charge in [-0.1, -0.05) is 0 Å². The molecule has 7 heteroatoms. The van der Waals surface area contributed by atoms with Crippen LogP contribution in [-0.4, -0.2) is 68.3 Å². The standard InChI is InChI=1S/C19H32N6O/c20-19(22-6-4-8-24-11-13-26-14-12-24)23-16-17-5-7-21-18(15-17)25-9-2-1-3-10-25/h5,7,15H,1-4,6,8-14,16H2,(H3,20,22,23). The zero-order valence-corrected chi connectivity index (χ0v) is 15.7. The number of anilines is 1. The van der Waals surface area contributed by atoms with E-state index in [0.29, 0.717) is 12.5 Å². The molecule has 7 nitrogen and oxygen atoms in total. The Morgan fingerprint density at radius 2 is 2.00 bits per heavy atom. The molecule has 2 fully saturated rings. The second-order valence-electron chi connectivity index (χ2n) is 7.01. The number of piperidine rings is 1. The van der Waals surface area contributed by atoms with E-state index in [2.05, 4.69) is 31.2 Å². The van der Waals surface area contributed by atoms with Gasteiger partial charge in [-0.25, -0.2) is 9.98 Å². The van der Waals surface area contributed by atoms with Gasteiger partial charge in [-0.05, 0) is 49.9 Å². The van der Waals surface area contributed by atoms with Gasteiger partial charge in [0.15, 0.2) is 5.96 Å². The molecule has 1 aromatic heterocycles. The molecule has 0 amide bonds. The molecule has 0 aliphatic carbocycles. The van der Waals surface area contributed by atoms with Crippen molar-refractivity contribution in [3.63, 3.8) is 0 Å². The number of ether oxygens (including phenoxy) is 1. The van der Waals surface area contributed by atoms with Crippen LogP contribution >= 0.6 is 0 Å². The minimum atomic E-state index is 0.517. The van der Waals surface area contributed by atoms with Gasteiger partial charge in [-0.15, -0.1) is 0 Å². The van der Waals surface area contributed by atoms with E-state index < -0.39 is 0 Å². The Bertz CT molecular complexity index is 567. The molecule has 0 unspecified atom stereocenters. The van der Waals surface area contributed by atoms with E-state index in [-0.39, 0.29) is 0 Å². The van der Waals surface area contributed by atoms with Crippen molar-refractivity contribution in [1.82, 2.24) is 15.2 Å². The molecule has 2 aliphatic heterocycles. The first-order valence-corrected chi connectivity index (χ1v) is 9.85. The Balaban J connectivity index is 1.39. The first kappa shape index (κ1) is 18.9. The number of pyridine rings is 1. The van der Waals surface area contributed by atoms with Gasteiger partial charge in [0.25, 0.3) is 0 Å². The topological polar surface area (TPSA) is 79.0 Å². The molecule has 0 spiro atoms. The van der Waals surface area contributed by atoms with E-state index in [9.17, 15) is 0 Å². The lowest BCUT2D eigenvalue weighted by Gasteiger charge is -2.27. The van der Waals surface area contributed by atoms with Crippen molar-refractivity contribution < 1.29 is 4.74 Å². The minimum Gasteiger partial charge on any atom is -0.379 e. The third kappa shape index (κ3) is 6.14. The summed E-state index contributed by atoms with van der Waals surface area (Å²) in [6.07, 6.45) is 6.77. The van der Waals surface area contributed by atoms with E-state index in [0.717, 1.165) is 70.3 Å². The molecule has 3 rings (SSSR count). The predicted octanol–water partition coefficient (Wildman–Crippen LogP) is 1.20. The largest absolute Gasteiger partial charge is 0.379 e. The van der Waals surface area contributed by atoms with Crippen LogP contribution in [0.25, 0.3) is 0 Å². The third-order valence-corrected chi connectivity index (χ3v) is 4.98. The molecular weight excluding hydrogens is 328 g/mol. The minimum absolute atomic E-state index is 0.517. The number of hydrogen-bond donors (Lipinski definition) is 2. The summed E-state index contributed by atoms with van der Waals surface area (Å²) in [6.45, 7) is 8.49. The van der Waals surface area contributed by atoms with E-state index in [1.165, 1.54) is 19.3 Å². The highest BCUT2D eigenvalue weighted by Gasteiger charge is 2.12. The Morgan fingerprint density at radius 3 is 2.81 bits per heavy atom. The SMILES string of the molecule is NC(=NCc1ccnc(N2CCCCC2)c1)NCCCN1CCOCC1. The number of rotatable bonds is 7. The zero-order valence-electron chi connectivity index (χ0n) is 15.7. The lowest BCUT2D eigenvalue weighted by molar-refractivity contribution is 0.0376. The van der Waals surface area contributed by atoms with Crippen LogP contribution in [-0.2, 0) is 11.3 Å². The van der Waals surface area contributed by atoms with Crippen LogP contribution in [0.1, 0.15) is 31.2 Å². The number of aromatic nitrogens is 1. The highest BCUT2D eigenvalue weighted by Crippen LogP contribution is 2.18. The summed E-state index contributed by atoms with van der Waals surface area (Å²) in [7, 11) is 0. The van der Waals surface area contributed by atoms with Crippen LogP contribution in [0.3, 0.4) is 0 Å². The fraction of sp³-hybridized carbons (Fsp3) is 0.684. The number of nitrogens with one attached hydrogen (secondary N) is 1. The number of aliphatic imine (C=N–C) groups is 1. The van der Waals surface area contributed by atoms with Crippen LogP contribution in [0, 0.1) is 0 Å². The molecule has 0 bridgehead atoms. The molecule has 0 atom stereocenters. The lowest BCUT2D eigenvalue weighted by Crippen LogP contribution is -2.39. The van der Waals surface area contributed by atoms with Gasteiger partial charge in [-0.3, -0.25) is 4.90 Å². The fourth-order valence-corrected chi connectivity index (χ4v) is 3.43. The number of nitrogens with zero attached hydrogens (tertiary/aromatic N) is 4. The molecule has 1 aromatic rings. The molecule has 26 heavy (non-hydrogen) atoms. The van der Waals surface area contributed by atoms with Gasteiger partial charge in [0.05, 0.1) is 19.8 Å². The predicted molar refractivity (Wildman–Crippen MR) is 106 cm³/mol. The molecule has 3 heterocycles. The number of hydrogen-bond acceptors (Lipinski definition) is 5. The number of guanidine groups is 1. The van der Waals surface area contributed by atoms with Gasteiger partial charge in [0.2, 0.25) is 0 Å². The van der Waals surface area contributed by atoms with Gasteiger partial charge < -0.3 is 20.7 Å². The Labute approximate surface area is 156 Å². The van der Waals surface area contributed by atoms with Gasteiger partial charge in [0, 0.05) is 38.9 Å². The number of nitrogens with two attached hydrogens (primary N) is 1. The summed E-state index contributed by atoms with van der Waals surface area (Å²) in [5.74, 6) is 1.58. The fourth-order valence-electron chi connectivity index (χ4n) is 3.43. The highest BCUT2D eigenvalue weighted by molar-refractivity contribution is 5.77. The number of morpholine rings is 1. The van der Waals surface area contributed by atoms with Crippen molar-refractivity contribution >= 4 is 11.8 Å². The molecular formula is C19H32N6O. The van der Waals surface area contributed by atoms with Crippen LogP contribution in [0.15, 0.2) is 23.3 Å². The molecule has 0 radical (unpaired) electrons. The summed E-state index contributed by atoms with van der Waals surface area (Å²) in [6, 6.07) is 4.16. The zero-order chi connectivity index (χ0) is 18.0. The summed E-state index contributed by atoms with van der Waals surface area (Å²) in [4.78, 5) is 13.8. The second-order valence-corrected chi connectivity index (χ2v) is 7.01. The maximum atomic E-state index is 6.00. The summed E-state index contributed by atoms with van der Waals surface area (Å²) in [5.41, 5.74) is 7.15. The van der Waals surface area contributed by atoms with Crippen molar-refractivity contribution in [2.24, 2.45) is 10.7 Å². The van der Waals surface area contributed by atoms with Crippen LogP contribution in [0.4, 0.5) is 5.82 Å². The van der Waals surface area contributed by atoms with Crippen molar-refractivity contribution in [1.29, 1.82) is 0 Å². The average molecular weight is 361 g/mol. The summed E-state index contributed by atoms with van der Waals surface area (Å²) >= 11 is 0. The average Bonchev–Trinajstić information content (AvgIpc) is 2.71. The molecule has 3 N–H and O–H groups in total. The highest BCUT2D eigenvalue weighted by atomic mass is 16.5.